The predicted octanol–water partition coefficient (Wildman–Crippen LogP) is 5.83. The molecule has 5 heteroatoms. The number of hydrogen-bond acceptors (Lipinski definition) is 3. The Balaban J connectivity index is 1.67. The van der Waals surface area contributed by atoms with Crippen molar-refractivity contribution in [1.82, 2.24) is 9.78 Å². The van der Waals surface area contributed by atoms with Crippen LogP contribution in [0.25, 0.3) is 16.9 Å². The summed E-state index contributed by atoms with van der Waals surface area (Å²) in [5.41, 5.74) is 6.12. The van der Waals surface area contributed by atoms with Crippen molar-refractivity contribution in [2.24, 2.45) is 0 Å². The van der Waals surface area contributed by atoms with E-state index in [1.807, 2.05) is 65.5 Å². The molecule has 1 aromatic heterocycles. The minimum atomic E-state index is -0.346. The number of para-hydroxylation sites is 2. The van der Waals surface area contributed by atoms with Gasteiger partial charge in [0.1, 0.15) is 5.69 Å². The Kier molecular flexibility index (Phi) is 3.99. The molecule has 2 aliphatic rings. The number of benzene rings is 3. The lowest BCUT2D eigenvalue weighted by Gasteiger charge is -2.30. The SMILES string of the molecule is CN1C[C@@]2(C=COc3c2c(-c2ccc(Cl)cc2)nn3-c2ccccc2)c2ccccc21. The number of likely N-dealkylation sites (N-methyl/N-ethyl adjacent to an activating group) is 1. The second-order valence-electron chi connectivity index (χ2n) is 8.05. The number of rotatable bonds is 2. The number of nitrogens with zero attached hydrogens (tertiary/aromatic N) is 3. The monoisotopic (exact) mass is 425 g/mol. The number of ether oxygens (including phenoxy) is 1. The molecule has 3 aromatic carbocycles. The number of halogens is 1. The normalized spacial score (nSPS) is 18.7. The van der Waals surface area contributed by atoms with E-state index in [1.165, 1.54) is 11.3 Å². The molecular formula is C26H20ClN3O. The van der Waals surface area contributed by atoms with Gasteiger partial charge in [-0.05, 0) is 42.0 Å². The first-order chi connectivity index (χ1) is 15.2. The van der Waals surface area contributed by atoms with Crippen molar-refractivity contribution in [2.45, 2.75) is 5.41 Å². The number of aromatic nitrogens is 2. The second-order valence-corrected chi connectivity index (χ2v) is 8.48. The lowest BCUT2D eigenvalue weighted by Crippen LogP contribution is -2.33. The highest BCUT2D eigenvalue weighted by Gasteiger charge is 2.48. The second kappa shape index (κ2) is 6.76. The van der Waals surface area contributed by atoms with E-state index in [4.69, 9.17) is 21.4 Å². The van der Waals surface area contributed by atoms with E-state index in [2.05, 4.69) is 42.3 Å². The molecule has 6 rings (SSSR count). The van der Waals surface area contributed by atoms with E-state index in [1.54, 1.807) is 0 Å². The van der Waals surface area contributed by atoms with Crippen molar-refractivity contribution < 1.29 is 4.74 Å². The van der Waals surface area contributed by atoms with Gasteiger partial charge in [0.2, 0.25) is 5.88 Å². The molecule has 0 amide bonds. The molecule has 0 saturated heterocycles. The molecule has 0 fully saturated rings. The standard InChI is InChI=1S/C26H20ClN3O/c1-29-17-26(21-9-5-6-10-22(21)29)15-16-31-25-23(26)24(18-11-13-19(27)14-12-18)28-30(25)20-7-3-2-4-8-20/h2-16H,17H2,1H3/t26-/m0/s1. The van der Waals surface area contributed by atoms with E-state index in [-0.39, 0.29) is 5.41 Å². The fraction of sp³-hybridized carbons (Fsp3) is 0.115. The van der Waals surface area contributed by atoms with Gasteiger partial charge in [0.25, 0.3) is 0 Å². The van der Waals surface area contributed by atoms with Gasteiger partial charge in [-0.15, -0.1) is 0 Å². The molecule has 4 nitrogen and oxygen atoms in total. The van der Waals surface area contributed by atoms with Gasteiger partial charge in [0.15, 0.2) is 0 Å². The molecule has 1 spiro atoms. The van der Waals surface area contributed by atoms with E-state index in [9.17, 15) is 0 Å². The first-order valence-electron chi connectivity index (χ1n) is 10.3. The van der Waals surface area contributed by atoms with Gasteiger partial charge >= 0.3 is 0 Å². The zero-order valence-corrected chi connectivity index (χ0v) is 17.8. The summed E-state index contributed by atoms with van der Waals surface area (Å²) in [7, 11) is 2.14. The summed E-state index contributed by atoms with van der Waals surface area (Å²) in [6.45, 7) is 0.820. The van der Waals surface area contributed by atoms with Crippen molar-refractivity contribution >= 4 is 17.3 Å². The van der Waals surface area contributed by atoms with Crippen molar-refractivity contribution in [2.75, 3.05) is 18.5 Å². The van der Waals surface area contributed by atoms with Crippen LogP contribution in [0.4, 0.5) is 5.69 Å². The molecule has 0 aliphatic carbocycles. The first kappa shape index (κ1) is 18.3. The van der Waals surface area contributed by atoms with Crippen LogP contribution in [-0.2, 0) is 5.41 Å². The highest BCUT2D eigenvalue weighted by Crippen LogP contribution is 2.53. The fourth-order valence-electron chi connectivity index (χ4n) is 4.85. The maximum absolute atomic E-state index is 6.18. The molecule has 4 aromatic rings. The summed E-state index contributed by atoms with van der Waals surface area (Å²) in [6.07, 6.45) is 3.99. The topological polar surface area (TPSA) is 30.3 Å². The molecule has 31 heavy (non-hydrogen) atoms. The molecule has 1 atom stereocenters. The molecule has 0 saturated carbocycles. The van der Waals surface area contributed by atoms with Gasteiger partial charge in [-0.25, -0.2) is 0 Å². The largest absolute Gasteiger partial charge is 0.447 e. The van der Waals surface area contributed by atoms with Crippen LogP contribution in [0.3, 0.4) is 0 Å². The fourth-order valence-corrected chi connectivity index (χ4v) is 4.98. The molecule has 2 aliphatic heterocycles. The van der Waals surface area contributed by atoms with Crippen molar-refractivity contribution in [3.05, 3.63) is 107 Å². The van der Waals surface area contributed by atoms with Gasteiger partial charge in [0.05, 0.1) is 22.9 Å². The van der Waals surface area contributed by atoms with Gasteiger partial charge in [-0.1, -0.05) is 60.1 Å². The van der Waals surface area contributed by atoms with Gasteiger partial charge in [-0.2, -0.15) is 9.78 Å². The van der Waals surface area contributed by atoms with Crippen molar-refractivity contribution in [3.8, 4) is 22.8 Å². The third kappa shape index (κ3) is 2.65. The third-order valence-corrected chi connectivity index (χ3v) is 6.47. The van der Waals surface area contributed by atoms with Crippen LogP contribution in [0.2, 0.25) is 5.02 Å². The molecule has 0 N–H and O–H groups in total. The minimum absolute atomic E-state index is 0.346. The number of fused-ring (bicyclic) bond motifs is 4. The van der Waals surface area contributed by atoms with E-state index >= 15 is 0 Å². The zero-order chi connectivity index (χ0) is 21.0. The molecular weight excluding hydrogens is 406 g/mol. The highest BCUT2D eigenvalue weighted by atomic mass is 35.5. The third-order valence-electron chi connectivity index (χ3n) is 6.22. The van der Waals surface area contributed by atoms with Crippen LogP contribution in [0, 0.1) is 0 Å². The summed E-state index contributed by atoms with van der Waals surface area (Å²) in [6, 6.07) is 26.6. The first-order valence-corrected chi connectivity index (χ1v) is 10.6. The van der Waals surface area contributed by atoms with Gasteiger partial charge < -0.3 is 9.64 Å². The maximum atomic E-state index is 6.18. The molecule has 3 heterocycles. The molecule has 0 unspecified atom stereocenters. The number of anilines is 1. The van der Waals surface area contributed by atoms with Crippen LogP contribution < -0.4 is 9.64 Å². The minimum Gasteiger partial charge on any atom is -0.447 e. The van der Waals surface area contributed by atoms with Crippen molar-refractivity contribution in [3.63, 3.8) is 0 Å². The summed E-state index contributed by atoms with van der Waals surface area (Å²) >= 11 is 6.18. The smallest absolute Gasteiger partial charge is 0.226 e. The predicted molar refractivity (Wildman–Crippen MR) is 124 cm³/mol. The highest BCUT2D eigenvalue weighted by molar-refractivity contribution is 6.30. The molecule has 152 valence electrons. The average molecular weight is 426 g/mol. The van der Waals surface area contributed by atoms with Crippen LogP contribution in [-0.4, -0.2) is 23.4 Å². The lowest BCUT2D eigenvalue weighted by molar-refractivity contribution is 0.407. The Labute approximate surface area is 186 Å². The summed E-state index contributed by atoms with van der Waals surface area (Å²) in [5, 5.41) is 5.77. The Hall–Kier alpha value is -3.50. The quantitative estimate of drug-likeness (QED) is 0.404. The van der Waals surface area contributed by atoms with Gasteiger partial charge in [-0.3, -0.25) is 0 Å². The van der Waals surface area contributed by atoms with E-state index in [0.717, 1.165) is 34.9 Å². The molecule has 0 bridgehead atoms. The Bertz CT molecular complexity index is 1310. The van der Waals surface area contributed by atoms with Crippen LogP contribution in [0.15, 0.2) is 91.2 Å². The van der Waals surface area contributed by atoms with Crippen LogP contribution in [0.1, 0.15) is 11.1 Å². The number of hydrogen-bond donors (Lipinski definition) is 0. The van der Waals surface area contributed by atoms with Gasteiger partial charge in [0, 0.05) is 29.9 Å². The summed E-state index contributed by atoms with van der Waals surface area (Å²) < 4.78 is 8.06. The molecule has 0 radical (unpaired) electrons. The average Bonchev–Trinajstić information content (AvgIpc) is 3.33. The van der Waals surface area contributed by atoms with Crippen LogP contribution >= 0.6 is 11.6 Å². The van der Waals surface area contributed by atoms with E-state index in [0.29, 0.717) is 5.02 Å². The lowest BCUT2D eigenvalue weighted by atomic mass is 9.74. The van der Waals surface area contributed by atoms with E-state index < -0.39 is 0 Å². The summed E-state index contributed by atoms with van der Waals surface area (Å²) in [4.78, 5) is 2.31. The Morgan fingerprint density at radius 3 is 2.48 bits per heavy atom. The zero-order valence-electron chi connectivity index (χ0n) is 17.0. The Morgan fingerprint density at radius 1 is 0.935 bits per heavy atom. The summed E-state index contributed by atoms with van der Waals surface area (Å²) in [5.74, 6) is 0.753. The van der Waals surface area contributed by atoms with Crippen LogP contribution in [0.5, 0.6) is 5.88 Å². The Morgan fingerprint density at radius 2 is 1.68 bits per heavy atom. The van der Waals surface area contributed by atoms with Crippen molar-refractivity contribution in [1.29, 1.82) is 0 Å². The maximum Gasteiger partial charge on any atom is 0.226 e.